The van der Waals surface area contributed by atoms with Crippen LogP contribution in [0.4, 0.5) is 17.6 Å². The molecule has 41 heavy (non-hydrogen) atoms. The molecule has 5 rings (SSSR count). The maximum absolute atomic E-state index is 15.0. The molecule has 1 aliphatic carbocycles. The number of aryl methyl sites for hydroxylation is 1. The first-order chi connectivity index (χ1) is 19.4. The number of imidazole rings is 1. The van der Waals surface area contributed by atoms with Crippen molar-refractivity contribution in [2.24, 2.45) is 18.0 Å². The molecule has 3 heterocycles. The summed E-state index contributed by atoms with van der Waals surface area (Å²) < 4.78 is 75.6. The second kappa shape index (κ2) is 11.0. The Hall–Kier alpha value is -3.57. The number of hydrogen-bond acceptors (Lipinski definition) is 8. The molecular formula is C27H29F4N6O3P. The number of nitrogens with one attached hydrogen (secondary N) is 1. The number of aromatic nitrogens is 4. The van der Waals surface area contributed by atoms with Crippen molar-refractivity contribution in [2.45, 2.75) is 43.7 Å². The van der Waals surface area contributed by atoms with Crippen molar-refractivity contribution in [3.05, 3.63) is 59.4 Å². The lowest BCUT2D eigenvalue weighted by Crippen LogP contribution is -2.28. The number of benzene rings is 1. The zero-order valence-corrected chi connectivity index (χ0v) is 23.9. The zero-order valence-electron chi connectivity index (χ0n) is 22.7. The Bertz CT molecular complexity index is 1480. The van der Waals surface area contributed by atoms with Gasteiger partial charge in [0.15, 0.2) is 23.9 Å². The van der Waals surface area contributed by atoms with Crippen molar-refractivity contribution in [2.75, 3.05) is 14.2 Å². The topological polar surface area (TPSA) is 95.7 Å². The summed E-state index contributed by atoms with van der Waals surface area (Å²) >= 11 is 0. The molecule has 3 atom stereocenters. The van der Waals surface area contributed by atoms with Crippen LogP contribution in [0, 0.1) is 5.92 Å². The predicted octanol–water partition coefficient (Wildman–Crippen LogP) is 5.31. The number of nitrogens with zero attached hydrogens (tertiary/aromatic N) is 5. The van der Waals surface area contributed by atoms with Gasteiger partial charge < -0.3 is 24.1 Å². The Labute approximate surface area is 236 Å². The Balaban J connectivity index is 1.49. The highest BCUT2D eigenvalue weighted by Gasteiger charge is 2.40. The molecule has 2 aromatic heterocycles. The van der Waals surface area contributed by atoms with Crippen LogP contribution in [0.1, 0.15) is 43.0 Å². The Morgan fingerprint density at radius 3 is 2.37 bits per heavy atom. The van der Waals surface area contributed by atoms with Crippen LogP contribution < -0.4 is 14.8 Å². The molecule has 3 aromatic rings. The van der Waals surface area contributed by atoms with Crippen molar-refractivity contribution in [3.8, 4) is 23.0 Å². The zero-order chi connectivity index (χ0) is 29.5. The number of allylic oxidation sites excluding steroid dienone is 1. The van der Waals surface area contributed by atoms with E-state index in [0.29, 0.717) is 11.1 Å². The van der Waals surface area contributed by atoms with Gasteiger partial charge >= 0.3 is 0 Å². The van der Waals surface area contributed by atoms with Gasteiger partial charge in [-0.1, -0.05) is 33.5 Å². The predicted molar refractivity (Wildman–Crippen MR) is 147 cm³/mol. The van der Waals surface area contributed by atoms with Gasteiger partial charge in [0.05, 0.1) is 25.2 Å². The lowest BCUT2D eigenvalue weighted by molar-refractivity contribution is -0.0248. The number of rotatable bonds is 10. The van der Waals surface area contributed by atoms with E-state index in [4.69, 9.17) is 14.2 Å². The van der Waals surface area contributed by atoms with Crippen LogP contribution in [0.2, 0.25) is 0 Å². The van der Waals surface area contributed by atoms with E-state index in [-0.39, 0.29) is 34.8 Å². The fraction of sp³-hybridized carbons (Fsp3) is 0.407. The molecule has 14 heteroatoms. The fourth-order valence-corrected chi connectivity index (χ4v) is 4.78. The van der Waals surface area contributed by atoms with E-state index >= 15 is 0 Å². The van der Waals surface area contributed by atoms with Gasteiger partial charge in [0.25, 0.3) is 17.5 Å². The number of halogens is 4. The van der Waals surface area contributed by atoms with Gasteiger partial charge in [-0.3, -0.25) is 0 Å². The first kappa shape index (κ1) is 28.9. The van der Waals surface area contributed by atoms with Crippen LogP contribution in [0.25, 0.3) is 17.0 Å². The summed E-state index contributed by atoms with van der Waals surface area (Å²) in [6.45, 7) is 0.759. The molecular weight excluding hydrogens is 563 g/mol. The standard InChI is InChI=1S/C27H29F4N6O3P/c1-26(28,29)18-12-37(2)23(35-18)16-9-7-15(8-10-16)21(27(30,31)41)40-24-17(38-3)11-32-22(36-24)19-20(14-5-6-14)33-13-34-25(19)39-4/h7-14,21,25H,5-6,41H2,1-4H3,(H,33,34). The second-order valence-electron chi connectivity index (χ2n) is 9.92. The third kappa shape index (κ3) is 6.06. The molecule has 3 unspecified atom stereocenters. The molecule has 1 aromatic carbocycles. The van der Waals surface area contributed by atoms with Crippen LogP contribution in [-0.4, -0.2) is 52.0 Å². The maximum Gasteiger partial charge on any atom is 0.298 e. The fourth-order valence-electron chi connectivity index (χ4n) is 4.52. The van der Waals surface area contributed by atoms with Crippen molar-refractivity contribution in [1.29, 1.82) is 0 Å². The first-order valence-electron chi connectivity index (χ1n) is 12.7. The third-order valence-corrected chi connectivity index (χ3v) is 7.04. The van der Waals surface area contributed by atoms with Crippen LogP contribution in [0.3, 0.4) is 0 Å². The third-order valence-electron chi connectivity index (χ3n) is 6.74. The van der Waals surface area contributed by atoms with E-state index in [1.807, 2.05) is 0 Å². The highest BCUT2D eigenvalue weighted by molar-refractivity contribution is 7.18. The van der Waals surface area contributed by atoms with Gasteiger partial charge in [0, 0.05) is 38.5 Å². The quantitative estimate of drug-likeness (QED) is 0.252. The van der Waals surface area contributed by atoms with E-state index in [9.17, 15) is 17.6 Å². The molecule has 2 aliphatic rings. The Morgan fingerprint density at radius 2 is 1.80 bits per heavy atom. The van der Waals surface area contributed by atoms with E-state index in [0.717, 1.165) is 25.5 Å². The number of alkyl halides is 4. The van der Waals surface area contributed by atoms with Crippen molar-refractivity contribution < 1.29 is 31.8 Å². The lowest BCUT2D eigenvalue weighted by Gasteiger charge is -2.26. The van der Waals surface area contributed by atoms with Crippen molar-refractivity contribution in [3.63, 3.8) is 0 Å². The average molecular weight is 593 g/mol. The molecule has 0 amide bonds. The van der Waals surface area contributed by atoms with Gasteiger partial charge in [-0.15, -0.1) is 0 Å². The molecule has 0 bridgehead atoms. The minimum Gasteiger partial charge on any atom is -0.490 e. The minimum absolute atomic E-state index is 0.0560. The van der Waals surface area contributed by atoms with Crippen LogP contribution in [0.15, 0.2) is 47.3 Å². The second-order valence-corrected chi connectivity index (χ2v) is 10.7. The molecule has 0 radical (unpaired) electrons. The summed E-state index contributed by atoms with van der Waals surface area (Å²) in [5.74, 6) is -2.52. The molecule has 1 aliphatic heterocycles. The highest BCUT2D eigenvalue weighted by Crippen LogP contribution is 2.44. The van der Waals surface area contributed by atoms with Crippen molar-refractivity contribution >= 4 is 21.2 Å². The molecule has 218 valence electrons. The van der Waals surface area contributed by atoms with Crippen molar-refractivity contribution in [1.82, 2.24) is 24.8 Å². The highest BCUT2D eigenvalue weighted by atomic mass is 31.0. The van der Waals surface area contributed by atoms with Gasteiger partial charge in [0.1, 0.15) is 11.5 Å². The number of hydrogen-bond donors (Lipinski definition) is 1. The van der Waals surface area contributed by atoms with Gasteiger partial charge in [-0.2, -0.15) is 22.5 Å². The van der Waals surface area contributed by atoms with E-state index < -0.39 is 29.6 Å². The number of methoxy groups -OCH3 is 2. The number of aliphatic imine (C=N–C) groups is 1. The molecule has 0 saturated heterocycles. The largest absolute Gasteiger partial charge is 0.490 e. The lowest BCUT2D eigenvalue weighted by atomic mass is 10.1. The summed E-state index contributed by atoms with van der Waals surface area (Å²) in [4.78, 5) is 17.2. The number of ether oxygens (including phenoxy) is 3. The average Bonchev–Trinajstić information content (AvgIpc) is 3.70. The van der Waals surface area contributed by atoms with E-state index in [1.165, 1.54) is 64.7 Å². The van der Waals surface area contributed by atoms with Crippen LogP contribution in [-0.2, 0) is 17.7 Å². The van der Waals surface area contributed by atoms with Gasteiger partial charge in [-0.25, -0.2) is 15.0 Å². The first-order valence-corrected chi connectivity index (χ1v) is 13.3. The Kier molecular flexibility index (Phi) is 7.78. The maximum atomic E-state index is 15.0. The van der Waals surface area contributed by atoms with E-state index in [1.54, 1.807) is 13.4 Å². The molecule has 1 saturated carbocycles. The normalized spacial score (nSPS) is 18.3. The molecule has 9 nitrogen and oxygen atoms in total. The summed E-state index contributed by atoms with van der Waals surface area (Å²) in [6.07, 6.45) is 3.62. The monoisotopic (exact) mass is 592 g/mol. The summed E-state index contributed by atoms with van der Waals surface area (Å²) in [6, 6.07) is 5.90. The molecule has 1 N–H and O–H groups in total. The van der Waals surface area contributed by atoms with Crippen LogP contribution in [0.5, 0.6) is 11.6 Å². The van der Waals surface area contributed by atoms with Gasteiger partial charge in [0.2, 0.25) is 0 Å². The van der Waals surface area contributed by atoms with E-state index in [2.05, 4.69) is 25.3 Å². The van der Waals surface area contributed by atoms with Crippen LogP contribution >= 0.6 is 9.24 Å². The smallest absolute Gasteiger partial charge is 0.298 e. The summed E-state index contributed by atoms with van der Waals surface area (Å²) in [7, 11) is 5.94. The molecule has 1 fully saturated rings. The molecule has 0 spiro atoms. The van der Waals surface area contributed by atoms with Gasteiger partial charge in [-0.05, 0) is 24.3 Å². The summed E-state index contributed by atoms with van der Waals surface area (Å²) in [5.41, 5.74) is -1.78. The Morgan fingerprint density at radius 1 is 1.10 bits per heavy atom. The SMILES string of the molecule is COc1cnc(C2=C(C3CC3)NC=NC2OC)nc1OC(c1ccc(-c2nc(C(C)(F)F)cn2C)cc1)C(F)(F)P. The summed E-state index contributed by atoms with van der Waals surface area (Å²) in [5, 5.41) is 3.15. The minimum atomic E-state index is -3.43.